The number of carbonyl (C=O) groups excluding carboxylic acids is 1. The fourth-order valence-electron chi connectivity index (χ4n) is 2.58. The number of aromatic hydroxyl groups is 1. The van der Waals surface area contributed by atoms with Crippen molar-refractivity contribution in [2.45, 2.75) is 6.92 Å². The standard InChI is InChI=1S/C20H16N2O5/c1-2-27-20(26)12-7-9-13(10-8-12)21-22-17-11-16(19(24)25)18(23)15-6-4-3-5-14(15)17/h3-11,23H,2H2,1H3,(H,24,25). The molecule has 0 unspecified atom stereocenters. The van der Waals surface area contributed by atoms with Gasteiger partial charge in [-0.25, -0.2) is 9.59 Å². The van der Waals surface area contributed by atoms with E-state index in [9.17, 15) is 19.8 Å². The summed E-state index contributed by atoms with van der Waals surface area (Å²) in [7, 11) is 0. The number of hydrogen-bond acceptors (Lipinski definition) is 6. The molecule has 0 amide bonds. The average molecular weight is 364 g/mol. The van der Waals surface area contributed by atoms with Gasteiger partial charge in [-0.1, -0.05) is 24.3 Å². The predicted molar refractivity (Wildman–Crippen MR) is 99.1 cm³/mol. The lowest BCUT2D eigenvalue weighted by molar-refractivity contribution is 0.0525. The lowest BCUT2D eigenvalue weighted by atomic mass is 10.0. The molecule has 27 heavy (non-hydrogen) atoms. The fourth-order valence-corrected chi connectivity index (χ4v) is 2.58. The molecule has 0 saturated heterocycles. The van der Waals surface area contributed by atoms with Crippen LogP contribution in [0.5, 0.6) is 5.75 Å². The number of benzene rings is 3. The van der Waals surface area contributed by atoms with Crippen LogP contribution in [0.1, 0.15) is 27.6 Å². The molecule has 0 aromatic heterocycles. The summed E-state index contributed by atoms with van der Waals surface area (Å²) in [6, 6.07) is 14.4. The molecule has 136 valence electrons. The average Bonchev–Trinajstić information content (AvgIpc) is 2.68. The Balaban J connectivity index is 1.97. The first kappa shape index (κ1) is 18.1. The quantitative estimate of drug-likeness (QED) is 0.497. The first-order valence-electron chi connectivity index (χ1n) is 8.18. The van der Waals surface area contributed by atoms with Gasteiger partial charge in [0.05, 0.1) is 23.5 Å². The van der Waals surface area contributed by atoms with Crippen LogP contribution in [0, 0.1) is 0 Å². The maximum absolute atomic E-state index is 11.7. The molecule has 0 aliphatic rings. The molecule has 0 aliphatic heterocycles. The normalized spacial score (nSPS) is 11.0. The zero-order valence-corrected chi connectivity index (χ0v) is 14.4. The Morgan fingerprint density at radius 2 is 1.67 bits per heavy atom. The smallest absolute Gasteiger partial charge is 0.339 e. The first-order valence-corrected chi connectivity index (χ1v) is 8.18. The van der Waals surface area contributed by atoms with E-state index >= 15 is 0 Å². The lowest BCUT2D eigenvalue weighted by Crippen LogP contribution is -2.03. The van der Waals surface area contributed by atoms with Crippen molar-refractivity contribution in [2.24, 2.45) is 10.2 Å². The second-order valence-electron chi connectivity index (χ2n) is 5.61. The van der Waals surface area contributed by atoms with Gasteiger partial charge in [0.25, 0.3) is 0 Å². The molecule has 3 rings (SSSR count). The number of rotatable bonds is 5. The SMILES string of the molecule is CCOC(=O)c1ccc(N=Nc2cc(C(=O)O)c(O)c3ccccc23)cc1. The Hall–Kier alpha value is -3.74. The van der Waals surface area contributed by atoms with Crippen LogP contribution in [-0.4, -0.2) is 28.8 Å². The van der Waals surface area contributed by atoms with Crippen LogP contribution in [0.15, 0.2) is 64.8 Å². The van der Waals surface area contributed by atoms with E-state index in [1.165, 1.54) is 6.07 Å². The van der Waals surface area contributed by atoms with Crippen molar-refractivity contribution in [1.82, 2.24) is 0 Å². The summed E-state index contributed by atoms with van der Waals surface area (Å²) in [5, 5.41) is 28.6. The summed E-state index contributed by atoms with van der Waals surface area (Å²) >= 11 is 0. The summed E-state index contributed by atoms with van der Waals surface area (Å²) in [4.78, 5) is 23.0. The van der Waals surface area contributed by atoms with Crippen LogP contribution in [0.4, 0.5) is 11.4 Å². The van der Waals surface area contributed by atoms with Gasteiger partial charge in [-0.3, -0.25) is 0 Å². The third kappa shape index (κ3) is 3.77. The predicted octanol–water partition coefficient (Wildman–Crippen LogP) is 4.84. The number of carboxylic acids is 1. The summed E-state index contributed by atoms with van der Waals surface area (Å²) in [5.74, 6) is -1.99. The van der Waals surface area contributed by atoms with E-state index in [0.717, 1.165) is 0 Å². The second kappa shape index (κ2) is 7.65. The fraction of sp³-hybridized carbons (Fsp3) is 0.100. The molecular weight excluding hydrogens is 348 g/mol. The Kier molecular flexibility index (Phi) is 5.12. The number of azo groups is 1. The van der Waals surface area contributed by atoms with Crippen molar-refractivity contribution in [3.05, 3.63) is 65.7 Å². The minimum absolute atomic E-state index is 0.250. The van der Waals surface area contributed by atoms with E-state index in [4.69, 9.17) is 4.74 Å². The van der Waals surface area contributed by atoms with Crippen LogP contribution in [0.3, 0.4) is 0 Å². The molecule has 0 radical (unpaired) electrons. The van der Waals surface area contributed by atoms with E-state index in [1.807, 2.05) is 0 Å². The third-order valence-electron chi connectivity index (χ3n) is 3.88. The largest absolute Gasteiger partial charge is 0.506 e. The summed E-state index contributed by atoms with van der Waals surface area (Å²) in [5.41, 5.74) is 0.951. The van der Waals surface area contributed by atoms with Crippen molar-refractivity contribution in [3.8, 4) is 5.75 Å². The van der Waals surface area contributed by atoms with Crippen molar-refractivity contribution in [3.63, 3.8) is 0 Å². The van der Waals surface area contributed by atoms with Crippen LogP contribution in [0.2, 0.25) is 0 Å². The van der Waals surface area contributed by atoms with E-state index < -0.39 is 11.9 Å². The van der Waals surface area contributed by atoms with Gasteiger partial charge in [-0.05, 0) is 37.3 Å². The molecule has 0 atom stereocenters. The summed E-state index contributed by atoms with van der Waals surface area (Å²) in [6.45, 7) is 2.02. The van der Waals surface area contributed by atoms with E-state index in [0.29, 0.717) is 34.3 Å². The number of carboxylic acid groups (broad SMARTS) is 1. The van der Waals surface area contributed by atoms with Gasteiger partial charge in [0, 0.05) is 10.8 Å². The number of fused-ring (bicyclic) bond motifs is 1. The molecule has 0 saturated carbocycles. The van der Waals surface area contributed by atoms with Gasteiger partial charge in [0.2, 0.25) is 0 Å². The highest BCUT2D eigenvalue weighted by Crippen LogP contribution is 2.36. The van der Waals surface area contributed by atoms with Gasteiger partial charge >= 0.3 is 11.9 Å². The molecular formula is C20H16N2O5. The Bertz CT molecular complexity index is 1040. The van der Waals surface area contributed by atoms with Gasteiger partial charge in [0.1, 0.15) is 11.3 Å². The number of phenols is 1. The number of hydrogen-bond donors (Lipinski definition) is 2. The maximum atomic E-state index is 11.7. The topological polar surface area (TPSA) is 109 Å². The first-order chi connectivity index (χ1) is 13.0. The molecule has 7 heteroatoms. The van der Waals surface area contributed by atoms with Crippen molar-refractivity contribution in [2.75, 3.05) is 6.61 Å². The van der Waals surface area contributed by atoms with Gasteiger partial charge in [-0.2, -0.15) is 5.11 Å². The highest BCUT2D eigenvalue weighted by molar-refractivity contribution is 6.05. The maximum Gasteiger partial charge on any atom is 0.339 e. The number of esters is 1. The van der Waals surface area contributed by atoms with Crippen molar-refractivity contribution >= 4 is 34.1 Å². The highest BCUT2D eigenvalue weighted by Gasteiger charge is 2.16. The van der Waals surface area contributed by atoms with Crippen molar-refractivity contribution in [1.29, 1.82) is 0 Å². The summed E-state index contributed by atoms with van der Waals surface area (Å²) in [6.07, 6.45) is 0. The molecule has 3 aromatic rings. The van der Waals surface area contributed by atoms with Crippen molar-refractivity contribution < 1.29 is 24.5 Å². The number of aromatic carboxylic acids is 1. The number of nitrogens with zero attached hydrogens (tertiary/aromatic N) is 2. The number of ether oxygens (including phenoxy) is 1. The lowest BCUT2D eigenvalue weighted by Gasteiger charge is -2.07. The molecule has 0 fully saturated rings. The van der Waals surface area contributed by atoms with Crippen LogP contribution in [0.25, 0.3) is 10.8 Å². The minimum Gasteiger partial charge on any atom is -0.506 e. The van der Waals surface area contributed by atoms with E-state index in [2.05, 4.69) is 10.2 Å². The zero-order chi connectivity index (χ0) is 19.4. The molecule has 0 spiro atoms. The van der Waals surface area contributed by atoms with Crippen LogP contribution in [-0.2, 0) is 4.74 Å². The molecule has 0 bridgehead atoms. The van der Waals surface area contributed by atoms with Gasteiger partial charge in [0.15, 0.2) is 0 Å². The van der Waals surface area contributed by atoms with Gasteiger partial charge < -0.3 is 14.9 Å². The van der Waals surface area contributed by atoms with E-state index in [-0.39, 0.29) is 11.3 Å². The molecule has 0 heterocycles. The van der Waals surface area contributed by atoms with E-state index in [1.54, 1.807) is 55.5 Å². The number of carbonyl (C=O) groups is 2. The second-order valence-corrected chi connectivity index (χ2v) is 5.61. The van der Waals surface area contributed by atoms with Crippen LogP contribution < -0.4 is 0 Å². The zero-order valence-electron chi connectivity index (χ0n) is 14.4. The van der Waals surface area contributed by atoms with Gasteiger partial charge in [-0.15, -0.1) is 5.11 Å². The highest BCUT2D eigenvalue weighted by atomic mass is 16.5. The molecule has 7 nitrogen and oxygen atoms in total. The monoisotopic (exact) mass is 364 g/mol. The third-order valence-corrected chi connectivity index (χ3v) is 3.88. The minimum atomic E-state index is -1.26. The molecule has 2 N–H and O–H groups in total. The van der Waals surface area contributed by atoms with Crippen LogP contribution >= 0.6 is 0 Å². The Morgan fingerprint density at radius 3 is 2.30 bits per heavy atom. The molecule has 0 aliphatic carbocycles. The Morgan fingerprint density at radius 1 is 1.00 bits per heavy atom. The summed E-state index contributed by atoms with van der Waals surface area (Å²) < 4.78 is 4.92. The Labute approximate surface area is 154 Å². The molecule has 3 aromatic carbocycles.